The predicted molar refractivity (Wildman–Crippen MR) is 85.0 cm³/mol. The number of phosphoric acid groups is 1. The second-order valence-electron chi connectivity index (χ2n) is 5.03. The second-order valence-corrected chi connectivity index (χ2v) is 7.39. The second kappa shape index (κ2) is 8.99. The van der Waals surface area contributed by atoms with Crippen LogP contribution < -0.4 is 35.5 Å². The Bertz CT molecular complexity index is 862. The Kier molecular flexibility index (Phi) is 7.41. The van der Waals surface area contributed by atoms with Gasteiger partial charge in [0.15, 0.2) is 12.0 Å². The maximum absolute atomic E-state index is 11.9. The third-order valence-corrected chi connectivity index (χ3v) is 4.88. The Hall–Kier alpha value is -1.02. The van der Waals surface area contributed by atoms with E-state index in [0.29, 0.717) is 0 Å². The van der Waals surface area contributed by atoms with Crippen molar-refractivity contribution in [3.8, 4) is 0 Å². The van der Waals surface area contributed by atoms with Gasteiger partial charge in [-0.2, -0.15) is 14.8 Å². The summed E-state index contributed by atoms with van der Waals surface area (Å²) in [7, 11) is -5.17. The van der Waals surface area contributed by atoms with E-state index >= 15 is 0 Å². The number of nitrogen functional groups attached to an aromatic ring is 1. The van der Waals surface area contributed by atoms with Gasteiger partial charge in [0.25, 0.3) is 5.56 Å². The molecule has 13 nitrogen and oxygen atoms in total. The molecule has 151 valence electrons. The van der Waals surface area contributed by atoms with Crippen LogP contribution in [0.5, 0.6) is 0 Å². The van der Waals surface area contributed by atoms with Gasteiger partial charge in [-0.1, -0.05) is 0 Å². The third kappa shape index (κ3) is 5.50. The molecule has 3 rings (SSSR count). The van der Waals surface area contributed by atoms with Crippen molar-refractivity contribution in [3.63, 3.8) is 0 Å². The fraction of sp³-hybridized carbons (Fsp3) is 0.400. The van der Waals surface area contributed by atoms with Gasteiger partial charge in [-0.3, -0.25) is 9.78 Å². The molecule has 3 atom stereocenters. The summed E-state index contributed by atoms with van der Waals surface area (Å²) in [6.45, 7) is -0.591. The number of anilines is 3. The first kappa shape index (κ1) is 22.3. The summed E-state index contributed by atoms with van der Waals surface area (Å²) in [6.07, 6.45) is -1.82. The van der Waals surface area contributed by atoms with Crippen molar-refractivity contribution in [3.05, 3.63) is 20.2 Å². The molecule has 1 aromatic rings. The van der Waals surface area contributed by atoms with Gasteiger partial charge >= 0.3 is 26.1 Å². The fourth-order valence-corrected chi connectivity index (χ4v) is 3.20. The Morgan fingerprint density at radius 3 is 2.56 bits per heavy atom. The number of rotatable bonds is 3. The predicted octanol–water partition coefficient (Wildman–Crippen LogP) is -3.88. The van der Waals surface area contributed by atoms with E-state index in [1.807, 2.05) is 0 Å². The van der Waals surface area contributed by atoms with E-state index in [-0.39, 0.29) is 27.3 Å². The van der Waals surface area contributed by atoms with E-state index in [2.05, 4.69) is 25.1 Å². The van der Waals surface area contributed by atoms with E-state index in [0.717, 1.165) is 0 Å². The number of H-pyrrole nitrogens is 1. The van der Waals surface area contributed by atoms with Gasteiger partial charge in [-0.05, 0) is 0 Å². The number of aromatic amines is 1. The number of hydrogen-bond donors (Lipinski definition) is 4. The molecule has 3 unspecified atom stereocenters. The molecule has 0 amide bonds. The van der Waals surface area contributed by atoms with Gasteiger partial charge in [0, 0.05) is 0 Å². The van der Waals surface area contributed by atoms with Crippen molar-refractivity contribution in [2.45, 2.75) is 18.4 Å². The van der Waals surface area contributed by atoms with E-state index in [4.69, 9.17) is 42.9 Å². The summed E-state index contributed by atoms with van der Waals surface area (Å²) in [5.41, 5.74) is 5.10. The van der Waals surface area contributed by atoms with E-state index in [1.54, 1.807) is 0 Å². The van der Waals surface area contributed by atoms with Gasteiger partial charge in [0.05, 0.1) is 26.6 Å². The number of nitrogens with zero attached hydrogens (tertiary/aromatic N) is 1. The van der Waals surface area contributed by atoms with E-state index < -0.39 is 57.3 Å². The molecule has 0 fully saturated rings. The summed E-state index contributed by atoms with van der Waals surface area (Å²) in [5.74, 6) is 0.0463. The van der Waals surface area contributed by atoms with Gasteiger partial charge in [-0.15, -0.1) is 0 Å². The maximum atomic E-state index is 11.9. The molecule has 0 bridgehead atoms. The molecule has 0 spiro atoms. The molecule has 0 aliphatic carbocycles. The zero-order valence-corrected chi connectivity index (χ0v) is 17.4. The Morgan fingerprint density at radius 1 is 1.33 bits per heavy atom. The molecule has 5 N–H and O–H groups in total. The summed E-state index contributed by atoms with van der Waals surface area (Å²) in [4.78, 5) is 39.7. The summed E-state index contributed by atoms with van der Waals surface area (Å²) in [5, 5.41) is 5.71. The number of fused-ring (bicyclic) bond motifs is 2. The number of hydrogen-bond acceptors (Lipinski definition) is 14. The van der Waals surface area contributed by atoms with Crippen molar-refractivity contribution in [2.24, 2.45) is 0 Å². The molecule has 0 saturated carbocycles. The first-order chi connectivity index (χ1) is 12.6. The minimum atomic E-state index is -5.17. The van der Waals surface area contributed by atoms with Crippen LogP contribution in [0.25, 0.3) is 0 Å². The SMILES string of the molecule is Nc1nc2c(c(=O)[nH]1)NC1C([S-])=C([S-])C(COP(=O)([O-])[O-])OC1N2.[O]=[Mo][O-]. The van der Waals surface area contributed by atoms with Gasteiger partial charge in [0.2, 0.25) is 5.95 Å². The molecule has 27 heavy (non-hydrogen) atoms. The van der Waals surface area contributed by atoms with Crippen LogP contribution in [-0.2, 0) is 61.4 Å². The molecule has 0 saturated heterocycles. The normalized spacial score (nSPS) is 23.7. The number of nitrogens with two attached hydrogens (primary N) is 1. The van der Waals surface area contributed by atoms with Crippen LogP contribution in [-0.4, -0.2) is 34.9 Å². The van der Waals surface area contributed by atoms with Gasteiger partial charge in [0.1, 0.15) is 5.69 Å². The zero-order chi connectivity index (χ0) is 20.4. The standard InChI is InChI=1S/C10H14N5O6PS2.Mo.2O/c11-10-14-7-4(8(16)15-10)12-3-6(24)5(23)2(21-9(3)13-7)1-20-22(17,18)19;;;/h2-3,9,12,23-24H,1H2,(H2,17,18,19)(H4,11,13,14,15,16);;;/q;;;-1/p-4. The van der Waals surface area contributed by atoms with Crippen molar-refractivity contribution in [1.82, 2.24) is 9.97 Å². The first-order valence-corrected chi connectivity index (χ1v) is 10.7. The quantitative estimate of drug-likeness (QED) is 0.171. The van der Waals surface area contributed by atoms with Crippen molar-refractivity contribution in [2.75, 3.05) is 23.0 Å². The number of ether oxygens (including phenoxy) is 1. The van der Waals surface area contributed by atoms with Crippen LogP contribution in [0.2, 0.25) is 0 Å². The molecule has 2 aliphatic rings. The summed E-state index contributed by atoms with van der Waals surface area (Å²) >= 11 is 8.35. The Balaban J connectivity index is 0.000000817. The average Bonchev–Trinajstić information content (AvgIpc) is 2.55. The number of phosphoric ester groups is 1. The average molecular weight is 519 g/mol. The van der Waals surface area contributed by atoms with Crippen molar-refractivity contribution in [1.29, 1.82) is 0 Å². The van der Waals surface area contributed by atoms with Crippen LogP contribution in [0.1, 0.15) is 0 Å². The molecular weight excluding hydrogens is 509 g/mol. The Morgan fingerprint density at radius 2 is 1.96 bits per heavy atom. The topological polar surface area (TPSA) is 218 Å². The molecule has 0 aromatic carbocycles. The molecule has 0 radical (unpaired) electrons. The molecule has 2 aliphatic heterocycles. The molecule has 17 heteroatoms. The summed E-state index contributed by atoms with van der Waals surface area (Å²) < 4.78 is 37.4. The van der Waals surface area contributed by atoms with Crippen LogP contribution in [0, 0.1) is 0 Å². The molecule has 3 heterocycles. The van der Waals surface area contributed by atoms with Crippen LogP contribution >= 0.6 is 7.82 Å². The molecular formula is C10H10MoN5O8PS2-5. The van der Waals surface area contributed by atoms with Gasteiger partial charge < -0.3 is 65.2 Å². The van der Waals surface area contributed by atoms with Crippen molar-refractivity contribution < 1.29 is 49.7 Å². The van der Waals surface area contributed by atoms with E-state index in [1.165, 1.54) is 0 Å². The van der Waals surface area contributed by atoms with Gasteiger partial charge in [-0.25, -0.2) is 0 Å². The monoisotopic (exact) mass is 521 g/mol. The van der Waals surface area contributed by atoms with Crippen LogP contribution in [0.15, 0.2) is 14.6 Å². The zero-order valence-electron chi connectivity index (χ0n) is 12.9. The van der Waals surface area contributed by atoms with Crippen molar-refractivity contribution >= 4 is 50.5 Å². The first-order valence-electron chi connectivity index (χ1n) is 6.82. The number of nitrogens with one attached hydrogen (secondary N) is 3. The number of aromatic nitrogens is 2. The fourth-order valence-electron chi connectivity index (χ4n) is 2.32. The molecule has 1 aromatic heterocycles. The summed E-state index contributed by atoms with van der Waals surface area (Å²) in [6, 6.07) is -0.658. The Labute approximate surface area is 171 Å². The minimum absolute atomic E-state index is 0.0982. The van der Waals surface area contributed by atoms with E-state index in [9.17, 15) is 19.1 Å². The van der Waals surface area contributed by atoms with Crippen LogP contribution in [0.4, 0.5) is 17.5 Å². The third-order valence-electron chi connectivity index (χ3n) is 3.33. The van der Waals surface area contributed by atoms with Crippen LogP contribution in [0.3, 0.4) is 0 Å².